The van der Waals surface area contributed by atoms with Crippen molar-refractivity contribution in [2.45, 2.75) is 25.0 Å². The molecule has 4 aromatic heterocycles. The van der Waals surface area contributed by atoms with E-state index >= 15 is 0 Å². The number of piperidine rings is 1. The zero-order valence-corrected chi connectivity index (χ0v) is 25.7. The number of ether oxygens (including phenoxy) is 2. The summed E-state index contributed by atoms with van der Waals surface area (Å²) < 4.78 is 13.2. The molecule has 2 bridgehead atoms. The lowest BCUT2D eigenvalue weighted by Crippen LogP contribution is -2.68. The Morgan fingerprint density at radius 3 is 2.55 bits per heavy atom. The maximum Gasteiger partial charge on any atom is 0.212 e. The fourth-order valence-corrected chi connectivity index (χ4v) is 8.93. The van der Waals surface area contributed by atoms with Gasteiger partial charge in [-0.05, 0) is 53.5 Å². The number of anilines is 1. The fraction of sp³-hybridized carbons (Fsp3) is 0.455. The van der Waals surface area contributed by atoms with E-state index in [9.17, 15) is 5.26 Å². The second kappa shape index (κ2) is 11.6. The molecule has 0 N–H and O–H groups in total. The largest absolute Gasteiger partial charge is 0.491 e. The third kappa shape index (κ3) is 5.15. The summed E-state index contributed by atoms with van der Waals surface area (Å²) in [4.78, 5) is 16.8. The number of rotatable bonds is 9. The van der Waals surface area contributed by atoms with Gasteiger partial charge in [-0.1, -0.05) is 6.07 Å². The average molecular weight is 609 g/mol. The average Bonchev–Trinajstić information content (AvgIpc) is 3.79. The van der Waals surface area contributed by atoms with E-state index in [4.69, 9.17) is 14.5 Å². The first-order chi connectivity index (χ1) is 21.6. The molecule has 9 rings (SSSR count). The quantitative estimate of drug-likeness (QED) is 0.279. The standard InChI is InChI=1S/C33H36N8O2S/c1-42-32-5-2-22(11-36-32)14-40-27-8-28(40)18-39(17-27)31-4-3-23(12-35-31)30-9-29(19-41-33(30)24(10-34)13-37-41)43-7-6-38-15-25-20-44-21-26(25)16-38/h2-5,9,11-13,19,25-28H,6-8,14-18,20-21H2,1H3. The number of aromatic nitrogens is 4. The molecule has 10 nitrogen and oxygen atoms in total. The molecule has 4 unspecified atom stereocenters. The van der Waals surface area contributed by atoms with Gasteiger partial charge in [0.15, 0.2) is 0 Å². The molecule has 4 aromatic rings. The summed E-state index contributed by atoms with van der Waals surface area (Å²) in [5, 5.41) is 14.3. The van der Waals surface area contributed by atoms with Gasteiger partial charge in [0.1, 0.15) is 24.2 Å². The van der Waals surface area contributed by atoms with Crippen LogP contribution in [0.1, 0.15) is 17.5 Å². The molecule has 11 heteroatoms. The van der Waals surface area contributed by atoms with Gasteiger partial charge in [0.25, 0.3) is 0 Å². The molecule has 9 heterocycles. The highest BCUT2D eigenvalue weighted by atomic mass is 32.2. The number of fused-ring (bicyclic) bond motifs is 4. The Bertz CT molecular complexity index is 1660. The smallest absolute Gasteiger partial charge is 0.212 e. The van der Waals surface area contributed by atoms with Crippen LogP contribution < -0.4 is 14.4 Å². The number of hydrogen-bond donors (Lipinski definition) is 0. The highest BCUT2D eigenvalue weighted by Gasteiger charge is 2.44. The van der Waals surface area contributed by atoms with Crippen molar-refractivity contribution in [3.05, 3.63) is 66.2 Å². The van der Waals surface area contributed by atoms with E-state index in [0.717, 1.165) is 66.2 Å². The van der Waals surface area contributed by atoms with Gasteiger partial charge in [-0.2, -0.15) is 22.1 Å². The molecule has 5 saturated heterocycles. The minimum absolute atomic E-state index is 0.509. The van der Waals surface area contributed by atoms with Crippen LogP contribution in [0.3, 0.4) is 0 Å². The van der Waals surface area contributed by atoms with Crippen molar-refractivity contribution >= 4 is 23.1 Å². The van der Waals surface area contributed by atoms with Crippen LogP contribution in [0.15, 0.2) is 55.1 Å². The van der Waals surface area contributed by atoms with E-state index < -0.39 is 0 Å². The van der Waals surface area contributed by atoms with Gasteiger partial charge in [-0.25, -0.2) is 14.5 Å². The molecule has 5 aliphatic rings. The Hall–Kier alpha value is -3.85. The highest BCUT2D eigenvalue weighted by molar-refractivity contribution is 7.99. The molecule has 44 heavy (non-hydrogen) atoms. The first-order valence-corrected chi connectivity index (χ1v) is 16.6. The molecule has 0 amide bonds. The first kappa shape index (κ1) is 27.7. The summed E-state index contributed by atoms with van der Waals surface area (Å²) in [6, 6.07) is 13.6. The van der Waals surface area contributed by atoms with Crippen molar-refractivity contribution in [3.63, 3.8) is 0 Å². The number of nitrogens with zero attached hydrogens (tertiary/aromatic N) is 8. The number of methoxy groups -OCH3 is 1. The van der Waals surface area contributed by atoms with Gasteiger partial charge in [0, 0.05) is 80.9 Å². The highest BCUT2D eigenvalue weighted by Crippen LogP contribution is 2.37. The molecule has 5 aliphatic heterocycles. The number of hydrogen-bond acceptors (Lipinski definition) is 10. The van der Waals surface area contributed by atoms with Crippen molar-refractivity contribution < 1.29 is 9.47 Å². The van der Waals surface area contributed by atoms with Crippen molar-refractivity contribution in [1.29, 1.82) is 5.26 Å². The number of nitriles is 1. The Balaban J connectivity index is 0.950. The predicted octanol–water partition coefficient (Wildman–Crippen LogP) is 3.81. The van der Waals surface area contributed by atoms with Gasteiger partial charge in [0.05, 0.1) is 30.6 Å². The number of pyridine rings is 3. The number of likely N-dealkylation sites (tertiary alicyclic amines) is 1. The summed E-state index contributed by atoms with van der Waals surface area (Å²) >= 11 is 2.10. The van der Waals surface area contributed by atoms with Gasteiger partial charge >= 0.3 is 0 Å². The molecule has 5 fully saturated rings. The molecule has 0 saturated carbocycles. The van der Waals surface area contributed by atoms with Gasteiger partial charge < -0.3 is 14.4 Å². The maximum atomic E-state index is 9.80. The van der Waals surface area contributed by atoms with Crippen LogP contribution in [0.5, 0.6) is 11.6 Å². The molecule has 0 radical (unpaired) electrons. The van der Waals surface area contributed by atoms with E-state index in [-0.39, 0.29) is 0 Å². The first-order valence-electron chi connectivity index (χ1n) is 15.5. The van der Waals surface area contributed by atoms with Crippen LogP contribution in [-0.4, -0.2) is 99.4 Å². The lowest BCUT2D eigenvalue weighted by Gasteiger charge is -2.56. The molecule has 4 atom stereocenters. The van der Waals surface area contributed by atoms with E-state index in [0.29, 0.717) is 30.1 Å². The topological polar surface area (TPSA) is 95.1 Å². The Morgan fingerprint density at radius 2 is 1.84 bits per heavy atom. The van der Waals surface area contributed by atoms with Crippen LogP contribution in [0.2, 0.25) is 0 Å². The second-order valence-electron chi connectivity index (χ2n) is 12.5. The predicted molar refractivity (Wildman–Crippen MR) is 170 cm³/mol. The van der Waals surface area contributed by atoms with Crippen molar-refractivity contribution in [1.82, 2.24) is 29.4 Å². The summed E-state index contributed by atoms with van der Waals surface area (Å²) in [6.45, 7) is 6.75. The van der Waals surface area contributed by atoms with E-state index in [1.807, 2.05) is 30.7 Å². The monoisotopic (exact) mass is 608 g/mol. The summed E-state index contributed by atoms with van der Waals surface area (Å²) in [5.74, 6) is 6.68. The summed E-state index contributed by atoms with van der Waals surface area (Å²) in [7, 11) is 1.64. The van der Waals surface area contributed by atoms with Crippen LogP contribution in [-0.2, 0) is 6.54 Å². The molecule has 0 aliphatic carbocycles. The van der Waals surface area contributed by atoms with Gasteiger partial charge in [0.2, 0.25) is 5.88 Å². The fourth-order valence-electron chi connectivity index (χ4n) is 7.44. The van der Waals surface area contributed by atoms with Crippen molar-refractivity contribution in [2.24, 2.45) is 11.8 Å². The Morgan fingerprint density at radius 1 is 1.00 bits per heavy atom. The molecule has 0 spiro atoms. The number of piperazine rings is 1. The third-order valence-electron chi connectivity index (χ3n) is 9.80. The Kier molecular flexibility index (Phi) is 7.28. The second-order valence-corrected chi connectivity index (χ2v) is 13.5. The van der Waals surface area contributed by atoms with E-state index in [2.05, 4.69) is 60.8 Å². The Labute approximate surface area is 261 Å². The van der Waals surface area contributed by atoms with Crippen LogP contribution in [0, 0.1) is 23.2 Å². The van der Waals surface area contributed by atoms with Crippen molar-refractivity contribution in [2.75, 3.05) is 62.8 Å². The van der Waals surface area contributed by atoms with Crippen LogP contribution >= 0.6 is 11.8 Å². The van der Waals surface area contributed by atoms with Crippen molar-refractivity contribution in [3.8, 4) is 28.8 Å². The minimum atomic E-state index is 0.509. The number of thioether (sulfide) groups is 1. The normalized spacial score (nSPS) is 24.7. The third-order valence-corrected chi connectivity index (χ3v) is 11.1. The van der Waals surface area contributed by atoms with Gasteiger partial charge in [-0.3, -0.25) is 9.80 Å². The van der Waals surface area contributed by atoms with Crippen LogP contribution in [0.25, 0.3) is 16.6 Å². The SMILES string of the molecule is COc1ccc(CN2C3CC2CN(c2ccc(-c4cc(OCCN5CC6CSCC6C5)cn5ncc(C#N)c45)cn2)C3)cn1. The molecule has 0 aromatic carbocycles. The lowest BCUT2D eigenvalue weighted by molar-refractivity contribution is -0.00876. The zero-order valence-electron chi connectivity index (χ0n) is 24.9. The molecular formula is C33H36N8O2S. The summed E-state index contributed by atoms with van der Waals surface area (Å²) in [5.41, 5.74) is 4.39. The lowest BCUT2D eigenvalue weighted by atomic mass is 9.87. The molecule has 226 valence electrons. The summed E-state index contributed by atoms with van der Waals surface area (Å²) in [6.07, 6.45) is 8.56. The molecular weight excluding hydrogens is 572 g/mol. The van der Waals surface area contributed by atoms with E-state index in [1.165, 1.54) is 36.6 Å². The minimum Gasteiger partial charge on any atom is -0.491 e. The maximum absolute atomic E-state index is 9.80. The van der Waals surface area contributed by atoms with E-state index in [1.54, 1.807) is 17.8 Å². The zero-order chi connectivity index (χ0) is 29.6. The van der Waals surface area contributed by atoms with Crippen LogP contribution in [0.4, 0.5) is 5.82 Å². The van der Waals surface area contributed by atoms with Gasteiger partial charge in [-0.15, -0.1) is 0 Å².